The van der Waals surface area contributed by atoms with Crippen molar-refractivity contribution in [1.82, 2.24) is 10.2 Å². The molecule has 128 valence electrons. The summed E-state index contributed by atoms with van der Waals surface area (Å²) in [6.07, 6.45) is 1.50. The van der Waals surface area contributed by atoms with Crippen LogP contribution in [0.3, 0.4) is 0 Å². The van der Waals surface area contributed by atoms with Gasteiger partial charge >= 0.3 is 0 Å². The van der Waals surface area contributed by atoms with Gasteiger partial charge in [-0.15, -0.1) is 10.2 Å². The van der Waals surface area contributed by atoms with Gasteiger partial charge in [0.1, 0.15) is 22.4 Å². The fourth-order valence-corrected chi connectivity index (χ4v) is 3.93. The molecule has 1 aliphatic heterocycles. The summed E-state index contributed by atoms with van der Waals surface area (Å²) in [5.74, 6) is 0.0518. The number of para-hydroxylation sites is 1. The molecular weight excluding hydrogens is 354 g/mol. The van der Waals surface area contributed by atoms with Gasteiger partial charge in [0.25, 0.3) is 5.91 Å². The first-order valence-corrected chi connectivity index (χ1v) is 8.69. The molecule has 8 heteroatoms. The summed E-state index contributed by atoms with van der Waals surface area (Å²) < 4.78 is 11.3. The molecular formula is C18H11N3O4S. The number of amides is 1. The van der Waals surface area contributed by atoms with E-state index in [1.807, 2.05) is 0 Å². The molecule has 4 aromatic rings. The molecule has 3 aromatic heterocycles. The lowest BCUT2D eigenvalue weighted by atomic mass is 10.0. The molecule has 0 radical (unpaired) electrons. The highest BCUT2D eigenvalue weighted by atomic mass is 32.1. The highest BCUT2D eigenvalue weighted by Crippen LogP contribution is 2.42. The summed E-state index contributed by atoms with van der Waals surface area (Å²) >= 11 is 1.27. The molecule has 0 N–H and O–H groups in total. The molecule has 0 unspecified atom stereocenters. The van der Waals surface area contributed by atoms with Crippen LogP contribution in [-0.2, 0) is 0 Å². The van der Waals surface area contributed by atoms with Gasteiger partial charge in [-0.05, 0) is 31.2 Å². The smallest absolute Gasteiger partial charge is 0.297 e. The number of anilines is 1. The fraction of sp³-hybridized carbons (Fsp3) is 0.111. The lowest BCUT2D eigenvalue weighted by molar-refractivity contribution is 0.0969. The summed E-state index contributed by atoms with van der Waals surface area (Å²) in [4.78, 5) is 27.7. The van der Waals surface area contributed by atoms with Crippen molar-refractivity contribution >= 4 is 33.3 Å². The number of fused-ring (bicyclic) bond motifs is 2. The van der Waals surface area contributed by atoms with Gasteiger partial charge in [0.15, 0.2) is 5.43 Å². The summed E-state index contributed by atoms with van der Waals surface area (Å²) in [5.41, 5.74) is 0.384. The van der Waals surface area contributed by atoms with E-state index in [1.165, 1.54) is 22.5 Å². The number of carbonyl (C=O) groups is 1. The second-order valence-electron chi connectivity index (χ2n) is 5.87. The second-order valence-corrected chi connectivity index (χ2v) is 7.03. The molecule has 1 aromatic carbocycles. The van der Waals surface area contributed by atoms with Crippen molar-refractivity contribution in [2.45, 2.75) is 13.0 Å². The molecule has 1 amide bonds. The van der Waals surface area contributed by atoms with Crippen LogP contribution in [-0.4, -0.2) is 16.1 Å². The number of rotatable bonds is 2. The number of benzene rings is 1. The van der Waals surface area contributed by atoms with Crippen LogP contribution in [0.15, 0.2) is 56.3 Å². The predicted molar refractivity (Wildman–Crippen MR) is 94.5 cm³/mol. The molecule has 0 bridgehead atoms. The normalized spacial score (nSPS) is 16.4. The Balaban J connectivity index is 1.84. The van der Waals surface area contributed by atoms with E-state index in [9.17, 15) is 9.59 Å². The topological polar surface area (TPSA) is 89.4 Å². The minimum atomic E-state index is -0.735. The van der Waals surface area contributed by atoms with Crippen LogP contribution < -0.4 is 10.3 Å². The molecule has 0 saturated carbocycles. The van der Waals surface area contributed by atoms with E-state index in [1.54, 1.807) is 43.3 Å². The molecule has 0 aliphatic carbocycles. The summed E-state index contributed by atoms with van der Waals surface area (Å²) in [6, 6.07) is 9.57. The maximum Gasteiger partial charge on any atom is 0.297 e. The van der Waals surface area contributed by atoms with Crippen LogP contribution in [0.25, 0.3) is 11.0 Å². The molecule has 4 heterocycles. The Morgan fingerprint density at radius 2 is 1.96 bits per heavy atom. The third-order valence-corrected chi connectivity index (χ3v) is 5.15. The van der Waals surface area contributed by atoms with Crippen molar-refractivity contribution < 1.29 is 13.6 Å². The predicted octanol–water partition coefficient (Wildman–Crippen LogP) is 3.30. The fourth-order valence-electron chi connectivity index (χ4n) is 3.22. The number of aryl methyl sites for hydroxylation is 1. The first kappa shape index (κ1) is 15.0. The van der Waals surface area contributed by atoms with Crippen LogP contribution in [0.1, 0.15) is 32.9 Å². The Hall–Kier alpha value is -3.26. The van der Waals surface area contributed by atoms with E-state index in [2.05, 4.69) is 10.2 Å². The van der Waals surface area contributed by atoms with Gasteiger partial charge < -0.3 is 8.83 Å². The van der Waals surface area contributed by atoms with Crippen molar-refractivity contribution in [3.8, 4) is 0 Å². The van der Waals surface area contributed by atoms with Crippen molar-refractivity contribution in [2.24, 2.45) is 0 Å². The molecule has 1 atom stereocenters. The van der Waals surface area contributed by atoms with Gasteiger partial charge in [-0.2, -0.15) is 0 Å². The first-order valence-electron chi connectivity index (χ1n) is 7.88. The van der Waals surface area contributed by atoms with Crippen LogP contribution in [0, 0.1) is 6.92 Å². The van der Waals surface area contributed by atoms with Gasteiger partial charge in [-0.25, -0.2) is 0 Å². The van der Waals surface area contributed by atoms with E-state index < -0.39 is 11.9 Å². The number of hydrogen-bond acceptors (Lipinski definition) is 7. The zero-order valence-electron chi connectivity index (χ0n) is 13.5. The number of nitrogens with zero attached hydrogens (tertiary/aromatic N) is 3. The van der Waals surface area contributed by atoms with Gasteiger partial charge in [0, 0.05) is 0 Å². The number of furan rings is 1. The van der Waals surface area contributed by atoms with E-state index in [-0.39, 0.29) is 16.8 Å². The summed E-state index contributed by atoms with van der Waals surface area (Å²) in [6.45, 7) is 1.80. The first-order chi connectivity index (χ1) is 12.6. The Morgan fingerprint density at radius 1 is 1.12 bits per heavy atom. The van der Waals surface area contributed by atoms with Gasteiger partial charge in [-0.3, -0.25) is 14.5 Å². The lowest BCUT2D eigenvalue weighted by Crippen LogP contribution is -2.29. The largest absolute Gasteiger partial charge is 0.467 e. The van der Waals surface area contributed by atoms with Crippen LogP contribution in [0.4, 0.5) is 5.13 Å². The quantitative estimate of drug-likeness (QED) is 0.541. The Morgan fingerprint density at radius 3 is 2.69 bits per heavy atom. The van der Waals surface area contributed by atoms with E-state index in [0.29, 0.717) is 26.9 Å². The van der Waals surface area contributed by atoms with Gasteiger partial charge in [0.05, 0.1) is 17.2 Å². The van der Waals surface area contributed by atoms with Gasteiger partial charge in [-0.1, -0.05) is 23.5 Å². The molecule has 7 nitrogen and oxygen atoms in total. The zero-order chi connectivity index (χ0) is 17.8. The lowest BCUT2D eigenvalue weighted by Gasteiger charge is -2.19. The molecule has 5 rings (SSSR count). The number of carbonyl (C=O) groups excluding carboxylic acids is 1. The minimum Gasteiger partial charge on any atom is -0.467 e. The van der Waals surface area contributed by atoms with Crippen molar-refractivity contribution in [3.05, 3.63) is 75.0 Å². The third-order valence-electron chi connectivity index (χ3n) is 4.31. The molecule has 0 saturated heterocycles. The maximum absolute atomic E-state index is 13.1. The van der Waals surface area contributed by atoms with Crippen LogP contribution in [0.2, 0.25) is 0 Å². The molecule has 1 aliphatic rings. The third kappa shape index (κ3) is 1.99. The van der Waals surface area contributed by atoms with E-state index in [4.69, 9.17) is 8.83 Å². The maximum atomic E-state index is 13.1. The number of aromatic nitrogens is 2. The summed E-state index contributed by atoms with van der Waals surface area (Å²) in [7, 11) is 0. The second kappa shape index (κ2) is 5.37. The summed E-state index contributed by atoms with van der Waals surface area (Å²) in [5, 5.41) is 9.59. The highest BCUT2D eigenvalue weighted by Gasteiger charge is 2.46. The molecule has 0 spiro atoms. The molecule has 26 heavy (non-hydrogen) atoms. The average Bonchev–Trinajstić information content (AvgIpc) is 3.36. The van der Waals surface area contributed by atoms with Crippen LogP contribution in [0.5, 0.6) is 0 Å². The Bertz CT molecular complexity index is 1210. The van der Waals surface area contributed by atoms with Crippen molar-refractivity contribution in [2.75, 3.05) is 4.90 Å². The average molecular weight is 365 g/mol. The van der Waals surface area contributed by atoms with Gasteiger partial charge in [0.2, 0.25) is 10.9 Å². The minimum absolute atomic E-state index is 0.0166. The zero-order valence-corrected chi connectivity index (χ0v) is 14.3. The SMILES string of the molecule is Cc1nnc(N2C(=O)c3oc4ccccc4c(=O)c3[C@@H]2c2ccco2)s1. The number of hydrogen-bond donors (Lipinski definition) is 0. The van der Waals surface area contributed by atoms with Crippen LogP contribution >= 0.6 is 11.3 Å². The van der Waals surface area contributed by atoms with E-state index in [0.717, 1.165) is 0 Å². The highest BCUT2D eigenvalue weighted by molar-refractivity contribution is 7.15. The van der Waals surface area contributed by atoms with Crippen molar-refractivity contribution in [1.29, 1.82) is 0 Å². The Labute approximate surface area is 150 Å². The Kier molecular flexibility index (Phi) is 3.10. The monoisotopic (exact) mass is 365 g/mol. The van der Waals surface area contributed by atoms with E-state index >= 15 is 0 Å². The standard InChI is InChI=1S/C18H11N3O4S/c1-9-19-20-18(26-9)21-14(12-7-4-8-24-12)13-15(22)10-5-2-3-6-11(10)25-16(13)17(21)23/h2-8,14H,1H3/t14-/m0/s1. The van der Waals surface area contributed by atoms with Crippen molar-refractivity contribution in [3.63, 3.8) is 0 Å². The molecule has 0 fully saturated rings.